The first kappa shape index (κ1) is 30.7. The number of rotatable bonds is 5. The summed E-state index contributed by atoms with van der Waals surface area (Å²) in [6.45, 7) is 11.5. The van der Waals surface area contributed by atoms with Crippen LogP contribution in [0.5, 0.6) is 0 Å². The second-order valence-corrected chi connectivity index (χ2v) is 11.8. The van der Waals surface area contributed by atoms with Gasteiger partial charge in [0.2, 0.25) is 0 Å². The molecule has 2 aliphatic heterocycles. The van der Waals surface area contributed by atoms with Crippen molar-refractivity contribution in [3.05, 3.63) is 23.8 Å². The Labute approximate surface area is 238 Å². The summed E-state index contributed by atoms with van der Waals surface area (Å²) >= 11 is 0. The molecule has 1 spiro atoms. The first-order valence-electron chi connectivity index (χ1n) is 13.7. The van der Waals surface area contributed by atoms with Crippen molar-refractivity contribution in [1.82, 2.24) is 0 Å². The number of carbonyl (C=O) groups excluding carboxylic acids is 5. The van der Waals surface area contributed by atoms with Crippen LogP contribution in [0.2, 0.25) is 0 Å². The summed E-state index contributed by atoms with van der Waals surface area (Å²) in [6, 6.07) is 0. The van der Waals surface area contributed by atoms with E-state index in [2.05, 4.69) is 0 Å². The smallest absolute Gasteiger partial charge is 0.342 e. The summed E-state index contributed by atoms with van der Waals surface area (Å²) in [6.07, 6.45) is -0.910. The van der Waals surface area contributed by atoms with E-state index in [0.29, 0.717) is 5.57 Å². The molecule has 2 heterocycles. The second kappa shape index (κ2) is 10.2. The van der Waals surface area contributed by atoms with Gasteiger partial charge in [0.1, 0.15) is 30.0 Å². The van der Waals surface area contributed by atoms with Crippen molar-refractivity contribution < 1.29 is 57.5 Å². The van der Waals surface area contributed by atoms with Crippen molar-refractivity contribution in [3.63, 3.8) is 0 Å². The molecule has 2 aliphatic carbocycles. The average Bonchev–Trinajstić information content (AvgIpc) is 3.44. The van der Waals surface area contributed by atoms with Crippen LogP contribution >= 0.6 is 0 Å². The summed E-state index contributed by atoms with van der Waals surface area (Å²) < 4.78 is 34.9. The Morgan fingerprint density at radius 3 is 2.15 bits per heavy atom. The average molecular weight is 579 g/mol. The number of ether oxygens (including phenoxy) is 6. The van der Waals surface area contributed by atoms with Crippen LogP contribution in [-0.4, -0.2) is 82.3 Å². The summed E-state index contributed by atoms with van der Waals surface area (Å²) in [5, 5.41) is 12.2. The van der Waals surface area contributed by atoms with Gasteiger partial charge in [0, 0.05) is 44.9 Å². The predicted molar refractivity (Wildman–Crippen MR) is 139 cm³/mol. The molecule has 0 saturated carbocycles. The van der Waals surface area contributed by atoms with Gasteiger partial charge in [-0.15, -0.1) is 0 Å². The van der Waals surface area contributed by atoms with Crippen LogP contribution in [0.15, 0.2) is 23.8 Å². The van der Waals surface area contributed by atoms with Gasteiger partial charge in [0.15, 0.2) is 17.3 Å². The van der Waals surface area contributed by atoms with E-state index in [1.807, 2.05) is 0 Å². The third-order valence-electron chi connectivity index (χ3n) is 8.86. The molecule has 12 heteroatoms. The molecular formula is C29H38O12. The van der Waals surface area contributed by atoms with Crippen molar-refractivity contribution in [3.8, 4) is 0 Å². The topological polar surface area (TPSA) is 164 Å². The first-order valence-corrected chi connectivity index (χ1v) is 13.7. The number of esters is 5. The van der Waals surface area contributed by atoms with Gasteiger partial charge in [-0.25, -0.2) is 4.79 Å². The number of carbonyl (C=O) groups is 5. The minimum atomic E-state index is -1.96. The molecule has 2 unspecified atom stereocenters. The molecule has 41 heavy (non-hydrogen) atoms. The summed E-state index contributed by atoms with van der Waals surface area (Å²) in [7, 11) is 0. The summed E-state index contributed by atoms with van der Waals surface area (Å²) in [4.78, 5) is 62.7. The standard InChI is InChI=1S/C29H38O12/c1-9-22(33)39-18-13-20(37-16(4)31)26(6)11-10-19(36-15(3)30)27(7,35)23(26)24(38-17(5)32)29-21(12-14(18)2)40-25(34)28(29,8)41-29/h10-12,18-21,23-24,35H,9,13H2,1-8H3/b14-12-/t18?,19-,20-,21+,23-,24?,26-,27+,28+,29+/m1/s1. The SMILES string of the molecule is CCC(=O)OC1C[C@@H](OC(C)=O)[C@@]2(C)C=C[C@@H](OC(C)=O)[C@](C)(O)[C@@H]2C(OC(C)=O)[C@]23O[C@@]2(C)C(=O)O[C@H]3/C=C\1C. The maximum atomic E-state index is 13.1. The molecular weight excluding hydrogens is 540 g/mol. The number of epoxide rings is 1. The Hall–Kier alpha value is -3.25. The van der Waals surface area contributed by atoms with Crippen LogP contribution in [0.3, 0.4) is 0 Å². The van der Waals surface area contributed by atoms with E-state index in [1.54, 1.807) is 32.9 Å². The zero-order valence-corrected chi connectivity index (χ0v) is 24.5. The summed E-state index contributed by atoms with van der Waals surface area (Å²) in [5.41, 5.74) is -5.99. The van der Waals surface area contributed by atoms with E-state index >= 15 is 0 Å². The number of aliphatic hydroxyl groups is 1. The van der Waals surface area contributed by atoms with E-state index in [1.165, 1.54) is 40.7 Å². The molecule has 226 valence electrons. The lowest BCUT2D eigenvalue weighted by molar-refractivity contribution is -0.220. The molecule has 0 aromatic rings. The maximum Gasteiger partial charge on any atom is 0.342 e. The van der Waals surface area contributed by atoms with Crippen LogP contribution in [-0.2, 0) is 52.4 Å². The van der Waals surface area contributed by atoms with E-state index in [9.17, 15) is 29.1 Å². The van der Waals surface area contributed by atoms with Crippen molar-refractivity contribution in [2.45, 2.75) is 116 Å². The van der Waals surface area contributed by atoms with Crippen LogP contribution in [0, 0.1) is 11.3 Å². The normalized spacial score (nSPS) is 44.0. The molecule has 2 fully saturated rings. The molecule has 4 rings (SSSR count). The number of hydrogen-bond acceptors (Lipinski definition) is 12. The van der Waals surface area contributed by atoms with Gasteiger partial charge in [0.25, 0.3) is 0 Å². The lowest BCUT2D eigenvalue weighted by Gasteiger charge is -2.55. The molecule has 0 bridgehead atoms. The van der Waals surface area contributed by atoms with Crippen LogP contribution < -0.4 is 0 Å². The highest BCUT2D eigenvalue weighted by atomic mass is 16.7. The predicted octanol–water partition coefficient (Wildman–Crippen LogP) is 1.85. The number of fused-ring (bicyclic) bond motifs is 1. The number of hydrogen-bond donors (Lipinski definition) is 1. The van der Waals surface area contributed by atoms with E-state index in [4.69, 9.17) is 28.4 Å². The molecule has 12 nitrogen and oxygen atoms in total. The van der Waals surface area contributed by atoms with Gasteiger partial charge >= 0.3 is 29.8 Å². The van der Waals surface area contributed by atoms with Gasteiger partial charge in [-0.05, 0) is 38.5 Å². The molecule has 0 aromatic carbocycles. The van der Waals surface area contributed by atoms with Gasteiger partial charge in [0.05, 0.1) is 0 Å². The minimum Gasteiger partial charge on any atom is -0.461 e. The van der Waals surface area contributed by atoms with Crippen LogP contribution in [0.1, 0.15) is 68.2 Å². The molecule has 0 aromatic heterocycles. The molecule has 0 radical (unpaired) electrons. The highest BCUT2D eigenvalue weighted by Gasteiger charge is 2.87. The lowest BCUT2D eigenvalue weighted by Crippen LogP contribution is -2.67. The zero-order valence-electron chi connectivity index (χ0n) is 24.5. The fraction of sp³-hybridized carbons (Fsp3) is 0.690. The van der Waals surface area contributed by atoms with Gasteiger partial charge in [-0.1, -0.05) is 19.9 Å². The monoisotopic (exact) mass is 578 g/mol. The third kappa shape index (κ3) is 4.84. The van der Waals surface area contributed by atoms with Crippen molar-refractivity contribution in [2.75, 3.05) is 0 Å². The highest BCUT2D eigenvalue weighted by molar-refractivity contribution is 5.89. The van der Waals surface area contributed by atoms with Crippen LogP contribution in [0.25, 0.3) is 0 Å². The van der Waals surface area contributed by atoms with E-state index < -0.39 is 88.5 Å². The van der Waals surface area contributed by atoms with E-state index in [-0.39, 0.29) is 12.8 Å². The Morgan fingerprint density at radius 2 is 1.61 bits per heavy atom. The van der Waals surface area contributed by atoms with Gasteiger partial charge < -0.3 is 33.5 Å². The highest BCUT2D eigenvalue weighted by Crippen LogP contribution is 2.65. The largest absolute Gasteiger partial charge is 0.461 e. The molecule has 4 aliphatic rings. The molecule has 10 atom stereocenters. The maximum absolute atomic E-state index is 13.1. The molecule has 2 saturated heterocycles. The molecule has 0 amide bonds. The Morgan fingerprint density at radius 1 is 1.00 bits per heavy atom. The summed E-state index contributed by atoms with van der Waals surface area (Å²) in [5.74, 6) is -4.45. The van der Waals surface area contributed by atoms with Crippen molar-refractivity contribution >= 4 is 29.8 Å². The zero-order chi connectivity index (χ0) is 30.7. The van der Waals surface area contributed by atoms with Gasteiger partial charge in [-0.3, -0.25) is 19.2 Å². The lowest BCUT2D eigenvalue weighted by atomic mass is 9.55. The van der Waals surface area contributed by atoms with Crippen LogP contribution in [0.4, 0.5) is 0 Å². The fourth-order valence-electron chi connectivity index (χ4n) is 6.81. The Bertz CT molecular complexity index is 1220. The van der Waals surface area contributed by atoms with E-state index in [0.717, 1.165) is 0 Å². The van der Waals surface area contributed by atoms with Crippen molar-refractivity contribution in [1.29, 1.82) is 0 Å². The quantitative estimate of drug-likeness (QED) is 0.218. The first-order chi connectivity index (χ1) is 18.9. The van der Waals surface area contributed by atoms with Gasteiger partial charge in [-0.2, -0.15) is 0 Å². The Balaban J connectivity index is 2.03. The second-order valence-electron chi connectivity index (χ2n) is 11.8. The fourth-order valence-corrected chi connectivity index (χ4v) is 6.81. The Kier molecular flexibility index (Phi) is 7.66. The van der Waals surface area contributed by atoms with Crippen molar-refractivity contribution in [2.24, 2.45) is 11.3 Å². The minimum absolute atomic E-state index is 0.0438. The third-order valence-corrected chi connectivity index (χ3v) is 8.86. The molecule has 1 N–H and O–H groups in total.